The Kier molecular flexibility index (Phi) is 6.21. The minimum Gasteiger partial charge on any atom is -0.383 e. The second kappa shape index (κ2) is 8.62. The topological polar surface area (TPSA) is 73.3 Å². The van der Waals surface area contributed by atoms with Crippen LogP contribution in [0.3, 0.4) is 0 Å². The number of nitrogens with two attached hydrogens (primary N) is 1. The Balaban J connectivity index is 2.37. The largest absolute Gasteiger partial charge is 0.383 e. The molecule has 5 nitrogen and oxygen atoms in total. The maximum atomic E-state index is 13.4. The normalized spacial score (nSPS) is 11.6. The summed E-state index contributed by atoms with van der Waals surface area (Å²) in [4.78, 5) is 23.2. The molecule has 28 heavy (non-hydrogen) atoms. The fourth-order valence-electron chi connectivity index (χ4n) is 2.74. The lowest BCUT2D eigenvalue weighted by Gasteiger charge is -2.16. The van der Waals surface area contributed by atoms with Crippen LogP contribution in [0.4, 0.5) is 4.39 Å². The number of amidine groups is 1. The summed E-state index contributed by atoms with van der Waals surface area (Å²) in [5.74, 6) is 0.189. The Labute approximate surface area is 170 Å². The van der Waals surface area contributed by atoms with Crippen LogP contribution in [0.1, 0.15) is 5.56 Å². The Morgan fingerprint density at radius 1 is 1.07 bits per heavy atom. The standard InChI is InChI=1S/C20H19FN4OS2/c1-23-17(22)16-19(28-3)24-18(12-4-10-15(27-2)11-5-12)25(20(16)26)14-8-6-13(21)7-9-14/h4-11H,1-3H3,(H2,22,23). The molecule has 0 bridgehead atoms. The molecule has 3 rings (SSSR count). The maximum Gasteiger partial charge on any atom is 0.270 e. The number of aromatic nitrogens is 2. The highest BCUT2D eigenvalue weighted by atomic mass is 32.2. The fourth-order valence-corrected chi connectivity index (χ4v) is 3.73. The second-order valence-corrected chi connectivity index (χ2v) is 7.45. The van der Waals surface area contributed by atoms with Crippen LogP contribution in [-0.4, -0.2) is 34.9 Å². The predicted octanol–water partition coefficient (Wildman–Crippen LogP) is 3.82. The van der Waals surface area contributed by atoms with Crippen molar-refractivity contribution >= 4 is 29.4 Å². The molecular weight excluding hydrogens is 395 g/mol. The van der Waals surface area contributed by atoms with E-state index in [0.29, 0.717) is 16.5 Å². The van der Waals surface area contributed by atoms with Gasteiger partial charge in [0.25, 0.3) is 5.56 Å². The van der Waals surface area contributed by atoms with Gasteiger partial charge in [0, 0.05) is 17.5 Å². The van der Waals surface area contributed by atoms with Gasteiger partial charge in [0.2, 0.25) is 0 Å². The van der Waals surface area contributed by atoms with Crippen LogP contribution in [0, 0.1) is 5.82 Å². The first-order chi connectivity index (χ1) is 13.5. The van der Waals surface area contributed by atoms with E-state index in [1.54, 1.807) is 23.9 Å². The highest BCUT2D eigenvalue weighted by molar-refractivity contribution is 7.98. The molecule has 0 unspecified atom stereocenters. The van der Waals surface area contributed by atoms with Crippen LogP contribution in [0.15, 0.2) is 68.2 Å². The summed E-state index contributed by atoms with van der Waals surface area (Å²) >= 11 is 2.95. The van der Waals surface area contributed by atoms with Gasteiger partial charge in [0.15, 0.2) is 0 Å². The van der Waals surface area contributed by atoms with E-state index in [1.165, 1.54) is 35.5 Å². The second-order valence-electron chi connectivity index (χ2n) is 5.77. The zero-order valence-corrected chi connectivity index (χ0v) is 17.3. The Morgan fingerprint density at radius 2 is 1.71 bits per heavy atom. The Morgan fingerprint density at radius 3 is 2.25 bits per heavy atom. The van der Waals surface area contributed by atoms with Crippen molar-refractivity contribution in [3.63, 3.8) is 0 Å². The molecule has 0 amide bonds. The van der Waals surface area contributed by atoms with Gasteiger partial charge in [-0.3, -0.25) is 14.4 Å². The Hall–Kier alpha value is -2.58. The number of rotatable bonds is 5. The third kappa shape index (κ3) is 3.83. The lowest BCUT2D eigenvalue weighted by atomic mass is 10.1. The quantitative estimate of drug-likeness (QED) is 0.297. The highest BCUT2D eigenvalue weighted by Crippen LogP contribution is 2.26. The van der Waals surface area contributed by atoms with E-state index in [9.17, 15) is 9.18 Å². The zero-order valence-electron chi connectivity index (χ0n) is 15.6. The molecule has 0 saturated heterocycles. The molecule has 3 aromatic rings. The number of halogens is 1. The van der Waals surface area contributed by atoms with E-state index in [-0.39, 0.29) is 22.8 Å². The molecule has 0 fully saturated rings. The zero-order chi connectivity index (χ0) is 20.3. The van der Waals surface area contributed by atoms with Gasteiger partial charge in [0.05, 0.1) is 5.69 Å². The number of thioether (sulfide) groups is 2. The summed E-state index contributed by atoms with van der Waals surface area (Å²) in [5, 5.41) is 0.496. The van der Waals surface area contributed by atoms with Crippen LogP contribution >= 0.6 is 23.5 Å². The van der Waals surface area contributed by atoms with Crippen molar-refractivity contribution in [2.24, 2.45) is 10.7 Å². The van der Waals surface area contributed by atoms with Crippen LogP contribution in [0.25, 0.3) is 17.1 Å². The van der Waals surface area contributed by atoms with Gasteiger partial charge in [-0.05, 0) is 48.9 Å². The van der Waals surface area contributed by atoms with Crippen LogP contribution in [0.2, 0.25) is 0 Å². The van der Waals surface area contributed by atoms with Crippen molar-refractivity contribution in [1.29, 1.82) is 0 Å². The summed E-state index contributed by atoms with van der Waals surface area (Å²) in [6.45, 7) is 0. The first-order valence-corrected chi connectivity index (χ1v) is 10.8. The molecule has 0 aliphatic heterocycles. The van der Waals surface area contributed by atoms with E-state index < -0.39 is 0 Å². The average Bonchev–Trinajstić information content (AvgIpc) is 2.73. The minimum absolute atomic E-state index is 0.113. The van der Waals surface area contributed by atoms with E-state index in [4.69, 9.17) is 10.7 Å². The van der Waals surface area contributed by atoms with Crippen molar-refractivity contribution in [2.45, 2.75) is 9.92 Å². The van der Waals surface area contributed by atoms with Gasteiger partial charge < -0.3 is 5.73 Å². The van der Waals surface area contributed by atoms with Crippen molar-refractivity contribution in [3.8, 4) is 17.1 Å². The highest BCUT2D eigenvalue weighted by Gasteiger charge is 2.21. The predicted molar refractivity (Wildman–Crippen MR) is 115 cm³/mol. The molecule has 0 atom stereocenters. The van der Waals surface area contributed by atoms with E-state index in [1.807, 2.05) is 36.8 Å². The first kappa shape index (κ1) is 20.2. The summed E-state index contributed by atoms with van der Waals surface area (Å²) in [6.07, 6.45) is 3.83. The average molecular weight is 415 g/mol. The van der Waals surface area contributed by atoms with Crippen LogP contribution in [-0.2, 0) is 0 Å². The van der Waals surface area contributed by atoms with Gasteiger partial charge in [-0.15, -0.1) is 23.5 Å². The molecule has 2 aromatic carbocycles. The molecule has 0 radical (unpaired) electrons. The molecule has 0 aliphatic carbocycles. The summed E-state index contributed by atoms with van der Waals surface area (Å²) in [7, 11) is 1.52. The van der Waals surface area contributed by atoms with E-state index in [2.05, 4.69) is 4.99 Å². The summed E-state index contributed by atoms with van der Waals surface area (Å²) in [5.41, 5.74) is 7.15. The monoisotopic (exact) mass is 414 g/mol. The smallest absolute Gasteiger partial charge is 0.270 e. The van der Waals surface area contributed by atoms with Crippen molar-refractivity contribution < 1.29 is 4.39 Å². The number of aliphatic imine (C=N–C) groups is 1. The lowest BCUT2D eigenvalue weighted by molar-refractivity contribution is 0.627. The van der Waals surface area contributed by atoms with E-state index >= 15 is 0 Å². The van der Waals surface area contributed by atoms with Crippen LogP contribution in [0.5, 0.6) is 0 Å². The van der Waals surface area contributed by atoms with E-state index in [0.717, 1.165) is 10.5 Å². The molecule has 1 aromatic heterocycles. The summed E-state index contributed by atoms with van der Waals surface area (Å²) < 4.78 is 14.9. The number of hydrogen-bond acceptors (Lipinski definition) is 5. The molecule has 0 spiro atoms. The number of nitrogens with zero attached hydrogens (tertiary/aromatic N) is 3. The molecule has 144 valence electrons. The van der Waals surface area contributed by atoms with Gasteiger partial charge in [-0.1, -0.05) is 12.1 Å². The molecule has 2 N–H and O–H groups in total. The minimum atomic E-state index is -0.383. The lowest BCUT2D eigenvalue weighted by Crippen LogP contribution is -2.32. The number of benzene rings is 2. The molecular formula is C20H19FN4OS2. The van der Waals surface area contributed by atoms with Crippen molar-refractivity contribution in [1.82, 2.24) is 9.55 Å². The summed E-state index contributed by atoms with van der Waals surface area (Å²) in [6, 6.07) is 13.5. The van der Waals surface area contributed by atoms with Crippen LogP contribution < -0.4 is 11.3 Å². The molecule has 1 heterocycles. The SMILES string of the molecule is CN=C(N)c1c(SC)nc(-c2ccc(SC)cc2)n(-c2ccc(F)cc2)c1=O. The molecule has 0 aliphatic rings. The third-order valence-corrected chi connectivity index (χ3v) is 5.60. The number of hydrogen-bond donors (Lipinski definition) is 1. The van der Waals surface area contributed by atoms with Gasteiger partial charge >= 0.3 is 0 Å². The van der Waals surface area contributed by atoms with Gasteiger partial charge in [-0.2, -0.15) is 0 Å². The van der Waals surface area contributed by atoms with Gasteiger partial charge in [-0.25, -0.2) is 9.37 Å². The van der Waals surface area contributed by atoms with Crippen molar-refractivity contribution in [3.05, 3.63) is 70.3 Å². The maximum absolute atomic E-state index is 13.4. The molecule has 0 saturated carbocycles. The van der Waals surface area contributed by atoms with Gasteiger partial charge in [0.1, 0.15) is 28.1 Å². The third-order valence-electron chi connectivity index (χ3n) is 4.17. The Bertz CT molecular complexity index is 1080. The molecule has 8 heteroatoms. The first-order valence-electron chi connectivity index (χ1n) is 8.34. The van der Waals surface area contributed by atoms with Crippen molar-refractivity contribution in [2.75, 3.05) is 19.6 Å². The fraction of sp³-hybridized carbons (Fsp3) is 0.150.